The number of carboxylic acid groups (broad SMARTS) is 1. The minimum absolute atomic E-state index is 0.220. The smallest absolute Gasteiger partial charge is 0.336 e. The van der Waals surface area contributed by atoms with Crippen LogP contribution in [-0.2, 0) is 22.4 Å². The van der Waals surface area contributed by atoms with Gasteiger partial charge < -0.3 is 20.3 Å². The molecule has 1 aromatic heterocycles. The minimum Gasteiger partial charge on any atom is -0.508 e. The van der Waals surface area contributed by atoms with Crippen molar-refractivity contribution in [2.24, 2.45) is 0 Å². The second-order valence-corrected chi connectivity index (χ2v) is 9.93. The van der Waals surface area contributed by atoms with Gasteiger partial charge in [0.25, 0.3) is 0 Å². The molecule has 4 aromatic carbocycles. The molecule has 0 aliphatic rings. The number of aromatic nitrogens is 1. The molecule has 5 rings (SSSR count). The van der Waals surface area contributed by atoms with Crippen LogP contribution in [0.2, 0.25) is 0 Å². The standard InChI is InChI=1S/C25H19NO2.C11H15NO3.C2H6/c1-2-21-16-23(25(27)28)22-15-20(12-13-24(22)26-21)19-10-8-18(9-11-19)14-17-6-4-3-5-7-17;1-12-10(11(14)15-2)7-8-3-5-9(13)6-4-8;1-2/h2-13,15-16H,1,14H2,(H,27,28);3-6,10,12-13H,7H2,1-2H3;1-2H3. The molecule has 232 valence electrons. The molecule has 0 bridgehead atoms. The Balaban J connectivity index is 0.000000276. The number of carbonyl (C=O) groups is 2. The van der Waals surface area contributed by atoms with Gasteiger partial charge in [0, 0.05) is 5.39 Å². The maximum Gasteiger partial charge on any atom is 0.336 e. The van der Waals surface area contributed by atoms with Crippen molar-refractivity contribution in [1.82, 2.24) is 10.3 Å². The highest BCUT2D eigenvalue weighted by Gasteiger charge is 2.17. The van der Waals surface area contributed by atoms with Crippen molar-refractivity contribution in [3.8, 4) is 16.9 Å². The number of pyridine rings is 1. The van der Waals surface area contributed by atoms with Crippen LogP contribution in [0.4, 0.5) is 0 Å². The van der Waals surface area contributed by atoms with Crippen LogP contribution in [0, 0.1) is 0 Å². The van der Waals surface area contributed by atoms with E-state index < -0.39 is 5.97 Å². The summed E-state index contributed by atoms with van der Waals surface area (Å²) >= 11 is 0. The van der Waals surface area contributed by atoms with Gasteiger partial charge >= 0.3 is 11.9 Å². The number of methoxy groups -OCH3 is 1. The lowest BCUT2D eigenvalue weighted by molar-refractivity contribution is -0.142. The lowest BCUT2D eigenvalue weighted by atomic mass is 9.98. The molecule has 1 unspecified atom stereocenters. The maximum atomic E-state index is 11.7. The number of benzene rings is 4. The van der Waals surface area contributed by atoms with Crippen LogP contribution in [0.15, 0.2) is 110 Å². The number of rotatable bonds is 9. The molecule has 0 aliphatic heterocycles. The molecule has 7 nitrogen and oxygen atoms in total. The molecule has 0 aliphatic carbocycles. The number of nitrogens with zero attached hydrogens (tertiary/aromatic N) is 1. The number of ether oxygens (including phenoxy) is 1. The SMILES string of the molecule is C=Cc1cc(C(=O)O)c2cc(-c3ccc(Cc4ccccc4)cc3)ccc2n1.CC.CNC(Cc1ccc(O)cc1)C(=O)OC. The van der Waals surface area contributed by atoms with E-state index in [9.17, 15) is 14.7 Å². The van der Waals surface area contributed by atoms with Crippen molar-refractivity contribution in [2.45, 2.75) is 32.7 Å². The van der Waals surface area contributed by atoms with Crippen molar-refractivity contribution >= 4 is 28.9 Å². The number of hydrogen-bond donors (Lipinski definition) is 3. The van der Waals surface area contributed by atoms with Gasteiger partial charge in [0.2, 0.25) is 0 Å². The number of fused-ring (bicyclic) bond motifs is 1. The molecule has 0 spiro atoms. The molecule has 0 saturated carbocycles. The fourth-order valence-corrected chi connectivity index (χ4v) is 4.67. The van der Waals surface area contributed by atoms with E-state index in [1.54, 1.807) is 43.5 Å². The summed E-state index contributed by atoms with van der Waals surface area (Å²) in [4.78, 5) is 27.4. The van der Waals surface area contributed by atoms with Gasteiger partial charge in [-0.1, -0.05) is 93.2 Å². The van der Waals surface area contributed by atoms with Gasteiger partial charge in [0.15, 0.2) is 0 Å². The summed E-state index contributed by atoms with van der Waals surface area (Å²) in [5, 5.41) is 22.2. The van der Waals surface area contributed by atoms with E-state index in [0.717, 1.165) is 23.1 Å². The molecule has 7 heteroatoms. The largest absolute Gasteiger partial charge is 0.508 e. The summed E-state index contributed by atoms with van der Waals surface area (Å²) in [6.07, 6.45) is 2.99. The first kappa shape index (κ1) is 34.2. The number of carbonyl (C=O) groups excluding carboxylic acids is 1. The maximum absolute atomic E-state index is 11.7. The van der Waals surface area contributed by atoms with E-state index in [4.69, 9.17) is 5.11 Å². The topological polar surface area (TPSA) is 109 Å². The van der Waals surface area contributed by atoms with Crippen LogP contribution in [0.3, 0.4) is 0 Å². The molecule has 3 N–H and O–H groups in total. The summed E-state index contributed by atoms with van der Waals surface area (Å²) in [6, 6.07) is 32.4. The molecular weight excluding hydrogens is 564 g/mol. The van der Waals surface area contributed by atoms with Gasteiger partial charge in [-0.25, -0.2) is 9.78 Å². The Labute approximate surface area is 264 Å². The van der Waals surface area contributed by atoms with Gasteiger partial charge in [0.05, 0.1) is 23.9 Å². The Morgan fingerprint density at radius 2 is 1.47 bits per heavy atom. The van der Waals surface area contributed by atoms with Gasteiger partial charge in [0.1, 0.15) is 11.8 Å². The van der Waals surface area contributed by atoms with Crippen LogP contribution < -0.4 is 5.32 Å². The monoisotopic (exact) mass is 604 g/mol. The van der Waals surface area contributed by atoms with Crippen molar-refractivity contribution in [3.63, 3.8) is 0 Å². The molecule has 0 fully saturated rings. The zero-order chi connectivity index (χ0) is 32.8. The van der Waals surface area contributed by atoms with Gasteiger partial charge in [-0.05, 0) is 84.1 Å². The fraction of sp³-hybridized carbons (Fsp3) is 0.184. The first-order chi connectivity index (χ1) is 21.8. The van der Waals surface area contributed by atoms with E-state index in [-0.39, 0.29) is 23.3 Å². The summed E-state index contributed by atoms with van der Waals surface area (Å²) in [6.45, 7) is 7.69. The first-order valence-corrected chi connectivity index (χ1v) is 14.8. The highest BCUT2D eigenvalue weighted by atomic mass is 16.5. The van der Waals surface area contributed by atoms with Crippen molar-refractivity contribution in [3.05, 3.63) is 138 Å². The zero-order valence-corrected chi connectivity index (χ0v) is 26.2. The van der Waals surface area contributed by atoms with Crippen molar-refractivity contribution in [2.75, 3.05) is 14.2 Å². The number of phenols is 1. The van der Waals surface area contributed by atoms with Crippen LogP contribution in [0.25, 0.3) is 28.1 Å². The number of aromatic carboxylic acids is 1. The lowest BCUT2D eigenvalue weighted by Gasteiger charge is -2.13. The molecule has 0 radical (unpaired) electrons. The van der Waals surface area contributed by atoms with Gasteiger partial charge in [-0.3, -0.25) is 4.79 Å². The highest BCUT2D eigenvalue weighted by molar-refractivity contribution is 6.04. The fourth-order valence-electron chi connectivity index (χ4n) is 4.67. The minimum atomic E-state index is -0.967. The first-order valence-electron chi connectivity index (χ1n) is 14.8. The van der Waals surface area contributed by atoms with E-state index in [2.05, 4.69) is 58.0 Å². The summed E-state index contributed by atoms with van der Waals surface area (Å²) < 4.78 is 4.65. The third kappa shape index (κ3) is 9.61. The van der Waals surface area contributed by atoms with E-state index in [1.807, 2.05) is 50.2 Å². The Kier molecular flexibility index (Phi) is 13.0. The highest BCUT2D eigenvalue weighted by Crippen LogP contribution is 2.27. The Hall–Kier alpha value is -5.27. The Morgan fingerprint density at radius 3 is 2.04 bits per heavy atom. The van der Waals surface area contributed by atoms with E-state index in [0.29, 0.717) is 23.0 Å². The zero-order valence-electron chi connectivity index (χ0n) is 26.2. The third-order valence-corrected chi connectivity index (χ3v) is 7.02. The molecule has 0 amide bonds. The molecule has 1 atom stereocenters. The van der Waals surface area contributed by atoms with E-state index in [1.165, 1.54) is 18.2 Å². The predicted molar refractivity (Wildman–Crippen MR) is 181 cm³/mol. The number of phenolic OH excluding ortho intramolecular Hbond substituents is 1. The normalized spacial score (nSPS) is 10.8. The second kappa shape index (κ2) is 17.1. The van der Waals surface area contributed by atoms with Crippen LogP contribution in [0.5, 0.6) is 5.75 Å². The average Bonchev–Trinajstić information content (AvgIpc) is 3.08. The third-order valence-electron chi connectivity index (χ3n) is 7.02. The quantitative estimate of drug-likeness (QED) is 0.149. The molecule has 5 aromatic rings. The summed E-state index contributed by atoms with van der Waals surface area (Å²) in [5.74, 6) is -1.03. The molecule has 1 heterocycles. The molecule has 0 saturated heterocycles. The lowest BCUT2D eigenvalue weighted by Crippen LogP contribution is -2.36. The van der Waals surface area contributed by atoms with Gasteiger partial charge in [-0.2, -0.15) is 0 Å². The number of likely N-dealkylation sites (N-methyl/N-ethyl adjacent to an activating group) is 1. The molecular formula is C38H40N2O5. The molecule has 45 heavy (non-hydrogen) atoms. The van der Waals surface area contributed by atoms with Gasteiger partial charge in [-0.15, -0.1) is 0 Å². The number of esters is 1. The Morgan fingerprint density at radius 1 is 0.867 bits per heavy atom. The number of aromatic hydroxyl groups is 1. The summed E-state index contributed by atoms with van der Waals surface area (Å²) in [7, 11) is 3.07. The van der Waals surface area contributed by atoms with Crippen molar-refractivity contribution in [1.29, 1.82) is 0 Å². The predicted octanol–water partition coefficient (Wildman–Crippen LogP) is 7.56. The van der Waals surface area contributed by atoms with Crippen LogP contribution >= 0.6 is 0 Å². The number of hydrogen-bond acceptors (Lipinski definition) is 6. The second-order valence-electron chi connectivity index (χ2n) is 9.93. The summed E-state index contributed by atoms with van der Waals surface area (Å²) in [5.41, 5.74) is 6.94. The van der Waals surface area contributed by atoms with E-state index >= 15 is 0 Å². The van der Waals surface area contributed by atoms with Crippen LogP contribution in [0.1, 0.15) is 46.6 Å². The number of nitrogens with one attached hydrogen (secondary N) is 1. The van der Waals surface area contributed by atoms with Crippen molar-refractivity contribution < 1.29 is 24.5 Å². The number of carboxylic acids is 1. The Bertz CT molecular complexity index is 1700. The average molecular weight is 605 g/mol. The van der Waals surface area contributed by atoms with Crippen LogP contribution in [-0.4, -0.2) is 47.3 Å².